The van der Waals surface area contributed by atoms with Gasteiger partial charge in [-0.1, -0.05) is 11.3 Å². The largest absolute Gasteiger partial charge is 0.381 e. The van der Waals surface area contributed by atoms with Crippen molar-refractivity contribution in [3.63, 3.8) is 0 Å². The summed E-state index contributed by atoms with van der Waals surface area (Å²) in [5.74, 6) is -0.464. The molecule has 0 spiro atoms. The Morgan fingerprint density at radius 3 is 2.62 bits per heavy atom. The molecule has 2 aromatic heterocycles. The van der Waals surface area contributed by atoms with Gasteiger partial charge >= 0.3 is 0 Å². The van der Waals surface area contributed by atoms with Crippen LogP contribution in [0.5, 0.6) is 0 Å². The molecule has 0 aliphatic rings. The molecule has 8 nitrogen and oxygen atoms in total. The van der Waals surface area contributed by atoms with Crippen LogP contribution in [0.25, 0.3) is 6.08 Å². The van der Waals surface area contributed by atoms with Crippen molar-refractivity contribution in [1.29, 1.82) is 0 Å². The molecule has 0 bridgehead atoms. The number of halogens is 1. The Labute approximate surface area is 136 Å². The molecule has 10 heteroatoms. The number of aromatic amines is 2. The minimum absolute atomic E-state index is 0.0419. The van der Waals surface area contributed by atoms with Crippen molar-refractivity contribution in [2.24, 2.45) is 0 Å². The first-order valence-electron chi connectivity index (χ1n) is 6.76. The monoisotopic (exact) mass is 349 g/mol. The lowest BCUT2D eigenvalue weighted by molar-refractivity contribution is 0.219. The standard InChI is InChI=1S/C14H12FN5O3S/c15-10-2-4-11(5-3-10)24(22,23)14-9(7-8-16-14)1-6-12(21)13-17-19-20-18-13/h1-8,12,16,21H,(H,17,18,19,20). The van der Waals surface area contributed by atoms with Crippen LogP contribution >= 0.6 is 0 Å². The van der Waals surface area contributed by atoms with Gasteiger partial charge in [-0.15, -0.1) is 10.2 Å². The predicted molar refractivity (Wildman–Crippen MR) is 80.8 cm³/mol. The molecule has 0 aliphatic heterocycles. The molecule has 0 aliphatic carbocycles. The van der Waals surface area contributed by atoms with Gasteiger partial charge in [0.05, 0.1) is 4.90 Å². The van der Waals surface area contributed by atoms with Crippen LogP contribution in [0.2, 0.25) is 0 Å². The highest BCUT2D eigenvalue weighted by molar-refractivity contribution is 7.91. The third-order valence-corrected chi connectivity index (χ3v) is 5.00. The zero-order valence-electron chi connectivity index (χ0n) is 12.1. The van der Waals surface area contributed by atoms with E-state index in [1.54, 1.807) is 0 Å². The van der Waals surface area contributed by atoms with E-state index in [0.717, 1.165) is 12.1 Å². The highest BCUT2D eigenvalue weighted by Gasteiger charge is 2.22. The van der Waals surface area contributed by atoms with Crippen LogP contribution in [0.4, 0.5) is 4.39 Å². The Morgan fingerprint density at radius 2 is 1.96 bits per heavy atom. The first-order chi connectivity index (χ1) is 11.5. The highest BCUT2D eigenvalue weighted by atomic mass is 32.2. The Morgan fingerprint density at radius 1 is 1.21 bits per heavy atom. The summed E-state index contributed by atoms with van der Waals surface area (Å²) in [7, 11) is -3.85. The number of rotatable bonds is 5. The second-order valence-corrected chi connectivity index (χ2v) is 6.68. The van der Waals surface area contributed by atoms with Crippen LogP contribution in [-0.4, -0.2) is 39.1 Å². The average molecular weight is 349 g/mol. The molecule has 3 N–H and O–H groups in total. The maximum absolute atomic E-state index is 13.0. The van der Waals surface area contributed by atoms with Gasteiger partial charge in [0.2, 0.25) is 15.7 Å². The molecule has 2 heterocycles. The molecule has 1 atom stereocenters. The summed E-state index contributed by atoms with van der Waals surface area (Å²) in [6.45, 7) is 0. The van der Waals surface area contributed by atoms with E-state index < -0.39 is 21.8 Å². The summed E-state index contributed by atoms with van der Waals surface area (Å²) in [5, 5.41) is 22.6. The molecule has 24 heavy (non-hydrogen) atoms. The van der Waals surface area contributed by atoms with Crippen LogP contribution in [0.15, 0.2) is 52.5 Å². The molecular formula is C14H12FN5O3S. The normalized spacial score (nSPS) is 13.4. The summed E-state index contributed by atoms with van der Waals surface area (Å²) < 4.78 is 38.2. The molecule has 3 rings (SSSR count). The van der Waals surface area contributed by atoms with Crippen molar-refractivity contribution in [1.82, 2.24) is 25.6 Å². The molecule has 3 aromatic rings. The van der Waals surface area contributed by atoms with Gasteiger partial charge < -0.3 is 10.1 Å². The van der Waals surface area contributed by atoms with Gasteiger partial charge in [-0.2, -0.15) is 5.21 Å². The maximum atomic E-state index is 13.0. The van der Waals surface area contributed by atoms with Crippen molar-refractivity contribution in [2.75, 3.05) is 0 Å². The lowest BCUT2D eigenvalue weighted by Gasteiger charge is -2.04. The molecule has 1 unspecified atom stereocenters. The number of aliphatic hydroxyl groups excluding tert-OH is 1. The number of nitrogens with zero attached hydrogens (tertiary/aromatic N) is 3. The highest BCUT2D eigenvalue weighted by Crippen LogP contribution is 2.24. The Balaban J connectivity index is 1.91. The number of hydrogen-bond acceptors (Lipinski definition) is 6. The zero-order chi connectivity index (χ0) is 17.2. The average Bonchev–Trinajstić information content (AvgIpc) is 3.24. The van der Waals surface area contributed by atoms with E-state index in [0.29, 0.717) is 5.56 Å². The third kappa shape index (κ3) is 3.09. The predicted octanol–water partition coefficient (Wildman–Crippen LogP) is 1.25. The fraction of sp³-hybridized carbons (Fsp3) is 0.0714. The zero-order valence-corrected chi connectivity index (χ0v) is 12.9. The first kappa shape index (κ1) is 16.0. The summed E-state index contributed by atoms with van der Waals surface area (Å²) in [5.41, 5.74) is 0.335. The lowest BCUT2D eigenvalue weighted by Crippen LogP contribution is -2.04. The number of benzene rings is 1. The molecule has 0 saturated carbocycles. The molecule has 1 aromatic carbocycles. The quantitative estimate of drug-likeness (QED) is 0.595. The number of sulfone groups is 1. The lowest BCUT2D eigenvalue weighted by atomic mass is 10.2. The molecular weight excluding hydrogens is 337 g/mol. The number of H-pyrrole nitrogens is 2. The molecule has 0 amide bonds. The smallest absolute Gasteiger partial charge is 0.222 e. The summed E-state index contributed by atoms with van der Waals surface area (Å²) in [4.78, 5) is 2.61. The van der Waals surface area contributed by atoms with E-state index >= 15 is 0 Å². The number of nitrogens with one attached hydrogen (secondary N) is 2. The fourth-order valence-corrected chi connectivity index (χ4v) is 3.44. The third-order valence-electron chi connectivity index (χ3n) is 3.22. The van der Waals surface area contributed by atoms with Gasteiger partial charge in [-0.25, -0.2) is 12.8 Å². The van der Waals surface area contributed by atoms with E-state index in [1.165, 1.54) is 36.5 Å². The minimum atomic E-state index is -3.85. The van der Waals surface area contributed by atoms with Crippen LogP contribution in [-0.2, 0) is 9.84 Å². The van der Waals surface area contributed by atoms with Gasteiger partial charge in [0.25, 0.3) is 0 Å². The van der Waals surface area contributed by atoms with Gasteiger partial charge in [-0.3, -0.25) is 0 Å². The van der Waals surface area contributed by atoms with Crippen molar-refractivity contribution in [3.05, 3.63) is 59.8 Å². The number of hydrogen-bond donors (Lipinski definition) is 3. The topological polar surface area (TPSA) is 125 Å². The fourth-order valence-electron chi connectivity index (χ4n) is 2.04. The molecule has 0 radical (unpaired) electrons. The summed E-state index contributed by atoms with van der Waals surface area (Å²) in [6.07, 6.45) is 3.07. The van der Waals surface area contributed by atoms with Crippen molar-refractivity contribution < 1.29 is 17.9 Å². The second kappa shape index (κ2) is 6.34. The maximum Gasteiger partial charge on any atom is 0.222 e. The molecule has 0 fully saturated rings. The van der Waals surface area contributed by atoms with Crippen LogP contribution < -0.4 is 0 Å². The summed E-state index contributed by atoms with van der Waals surface area (Å²) in [6, 6.07) is 6.06. The Bertz CT molecular complexity index is 949. The number of tetrazole rings is 1. The van der Waals surface area contributed by atoms with Gasteiger partial charge in [-0.05, 0) is 36.4 Å². The van der Waals surface area contributed by atoms with E-state index in [1.807, 2.05) is 0 Å². The molecule has 0 saturated heterocycles. The van der Waals surface area contributed by atoms with E-state index in [-0.39, 0.29) is 15.7 Å². The van der Waals surface area contributed by atoms with Gasteiger partial charge in [0, 0.05) is 11.8 Å². The van der Waals surface area contributed by atoms with E-state index in [9.17, 15) is 17.9 Å². The van der Waals surface area contributed by atoms with Crippen LogP contribution in [0.3, 0.4) is 0 Å². The Hall–Kier alpha value is -2.85. The van der Waals surface area contributed by atoms with Crippen molar-refractivity contribution in [3.8, 4) is 0 Å². The first-order valence-corrected chi connectivity index (χ1v) is 8.24. The van der Waals surface area contributed by atoms with Crippen LogP contribution in [0.1, 0.15) is 17.5 Å². The Kier molecular flexibility index (Phi) is 4.23. The minimum Gasteiger partial charge on any atom is -0.381 e. The number of aliphatic hydroxyl groups is 1. The van der Waals surface area contributed by atoms with E-state index in [4.69, 9.17) is 0 Å². The summed E-state index contributed by atoms with van der Waals surface area (Å²) >= 11 is 0. The van der Waals surface area contributed by atoms with Gasteiger partial charge in [0.15, 0.2) is 0 Å². The van der Waals surface area contributed by atoms with Crippen molar-refractivity contribution in [2.45, 2.75) is 16.0 Å². The van der Waals surface area contributed by atoms with E-state index in [2.05, 4.69) is 25.6 Å². The molecule has 124 valence electrons. The van der Waals surface area contributed by atoms with Crippen molar-refractivity contribution >= 4 is 15.9 Å². The SMILES string of the molecule is O=S(=O)(c1ccc(F)cc1)c1[nH]ccc1C=CC(O)c1nn[nH]n1. The second-order valence-electron chi connectivity index (χ2n) is 4.79. The van der Waals surface area contributed by atoms with Gasteiger partial charge in [0.1, 0.15) is 16.9 Å². The van der Waals surface area contributed by atoms with Crippen LogP contribution in [0, 0.1) is 5.82 Å². The number of aromatic nitrogens is 5.